The van der Waals surface area contributed by atoms with Gasteiger partial charge in [0.25, 0.3) is 0 Å². The summed E-state index contributed by atoms with van der Waals surface area (Å²) in [6.45, 7) is 2.08. The number of sulfonamides is 1. The van der Waals surface area contributed by atoms with E-state index in [2.05, 4.69) is 20.3 Å². The molecule has 0 saturated heterocycles. The lowest BCUT2D eigenvalue weighted by Crippen LogP contribution is -2.41. The number of nitrogens with zero attached hydrogens (tertiary/aromatic N) is 1. The molecule has 3 N–H and O–H groups in total. The molecular formula is C20H35IN4O3S. The summed E-state index contributed by atoms with van der Waals surface area (Å²) in [6.07, 6.45) is 7.59. The van der Waals surface area contributed by atoms with Crippen molar-refractivity contribution in [3.05, 3.63) is 35.9 Å². The second-order valence-corrected chi connectivity index (χ2v) is 8.96. The van der Waals surface area contributed by atoms with Crippen LogP contribution in [0.25, 0.3) is 0 Å². The molecule has 1 aromatic carbocycles. The molecule has 1 aliphatic rings. The van der Waals surface area contributed by atoms with Gasteiger partial charge in [0.1, 0.15) is 0 Å². The summed E-state index contributed by atoms with van der Waals surface area (Å²) in [5.74, 6) is 0.599. The summed E-state index contributed by atoms with van der Waals surface area (Å²) < 4.78 is 32.7. The third-order valence-corrected chi connectivity index (χ3v) is 6.07. The summed E-state index contributed by atoms with van der Waals surface area (Å²) in [7, 11) is -1.66. The molecular weight excluding hydrogens is 503 g/mol. The van der Waals surface area contributed by atoms with Crippen molar-refractivity contribution in [2.45, 2.75) is 51.2 Å². The standard InChI is InChI=1S/C20H34N4O3S.HI/c1-21-20(22-13-8-15-27-19-11-6-3-7-12-19)23-14-16-28(25,26)24-17-18-9-4-2-5-10-18;/h2,4-5,9-10,19,24H,3,6-8,11-17H2,1H3,(H2,21,22,23);1H. The summed E-state index contributed by atoms with van der Waals surface area (Å²) in [5.41, 5.74) is 0.937. The Balaban J connectivity index is 0.00000420. The van der Waals surface area contributed by atoms with Crippen LogP contribution in [0.5, 0.6) is 0 Å². The van der Waals surface area contributed by atoms with Crippen molar-refractivity contribution >= 4 is 40.0 Å². The molecule has 1 aliphatic carbocycles. The number of hydrogen-bond acceptors (Lipinski definition) is 4. The van der Waals surface area contributed by atoms with E-state index in [-0.39, 0.29) is 29.7 Å². The molecule has 9 heteroatoms. The van der Waals surface area contributed by atoms with Gasteiger partial charge in [-0.2, -0.15) is 0 Å². The molecule has 0 aliphatic heterocycles. The van der Waals surface area contributed by atoms with Crippen LogP contribution in [0.2, 0.25) is 0 Å². The van der Waals surface area contributed by atoms with Crippen molar-refractivity contribution in [3.63, 3.8) is 0 Å². The predicted molar refractivity (Wildman–Crippen MR) is 129 cm³/mol. The van der Waals surface area contributed by atoms with Gasteiger partial charge in [0.05, 0.1) is 11.9 Å². The fourth-order valence-corrected chi connectivity index (χ4v) is 4.05. The molecule has 1 aromatic rings. The van der Waals surface area contributed by atoms with Crippen molar-refractivity contribution in [1.29, 1.82) is 0 Å². The largest absolute Gasteiger partial charge is 0.378 e. The molecule has 166 valence electrons. The number of nitrogens with one attached hydrogen (secondary N) is 3. The molecule has 0 amide bonds. The molecule has 0 spiro atoms. The second kappa shape index (κ2) is 15.0. The van der Waals surface area contributed by atoms with Gasteiger partial charge in [-0.15, -0.1) is 24.0 Å². The molecule has 7 nitrogen and oxygen atoms in total. The van der Waals surface area contributed by atoms with Crippen LogP contribution in [0, 0.1) is 0 Å². The highest BCUT2D eigenvalue weighted by Crippen LogP contribution is 2.20. The average Bonchev–Trinajstić information content (AvgIpc) is 2.72. The van der Waals surface area contributed by atoms with Crippen molar-refractivity contribution in [3.8, 4) is 0 Å². The number of rotatable bonds is 11. The SMILES string of the molecule is CN=C(NCCCOC1CCCCC1)NCCS(=O)(=O)NCc1ccccc1.I. The molecule has 1 fully saturated rings. The minimum absolute atomic E-state index is 0. The molecule has 0 heterocycles. The van der Waals surface area contributed by atoms with Gasteiger partial charge in [0, 0.05) is 33.3 Å². The van der Waals surface area contributed by atoms with Gasteiger partial charge in [-0.1, -0.05) is 49.6 Å². The fraction of sp³-hybridized carbons (Fsp3) is 0.650. The number of guanidine groups is 1. The van der Waals surface area contributed by atoms with Gasteiger partial charge < -0.3 is 15.4 Å². The zero-order valence-electron chi connectivity index (χ0n) is 17.2. The molecule has 0 unspecified atom stereocenters. The van der Waals surface area contributed by atoms with Crippen LogP contribution in [0.1, 0.15) is 44.1 Å². The lowest BCUT2D eigenvalue weighted by atomic mass is 9.98. The first-order valence-electron chi connectivity index (χ1n) is 10.2. The van der Waals surface area contributed by atoms with E-state index in [9.17, 15) is 8.42 Å². The van der Waals surface area contributed by atoms with Crippen LogP contribution in [-0.4, -0.2) is 53.0 Å². The number of ether oxygens (including phenoxy) is 1. The van der Waals surface area contributed by atoms with Crippen molar-refractivity contribution in [2.75, 3.05) is 32.5 Å². The minimum atomic E-state index is -3.34. The van der Waals surface area contributed by atoms with E-state index in [1.165, 1.54) is 32.1 Å². The van der Waals surface area contributed by atoms with Gasteiger partial charge in [0.2, 0.25) is 10.0 Å². The average molecular weight is 538 g/mol. The van der Waals surface area contributed by atoms with Crippen molar-refractivity contribution < 1.29 is 13.2 Å². The van der Waals surface area contributed by atoms with Crippen LogP contribution < -0.4 is 15.4 Å². The topological polar surface area (TPSA) is 91.8 Å². The van der Waals surface area contributed by atoms with Gasteiger partial charge >= 0.3 is 0 Å². The molecule has 0 atom stereocenters. The molecule has 0 aromatic heterocycles. The van der Waals surface area contributed by atoms with Gasteiger partial charge in [-0.05, 0) is 24.8 Å². The number of hydrogen-bond donors (Lipinski definition) is 3. The zero-order valence-corrected chi connectivity index (χ0v) is 20.4. The Kier molecular flexibility index (Phi) is 13.5. The Bertz CT molecular complexity index is 680. The summed E-state index contributed by atoms with van der Waals surface area (Å²) in [6, 6.07) is 9.47. The van der Waals surface area contributed by atoms with Crippen LogP contribution in [-0.2, 0) is 21.3 Å². The molecule has 1 saturated carbocycles. The fourth-order valence-electron chi connectivity index (χ4n) is 3.15. The molecule has 2 rings (SSSR count). The van der Waals surface area contributed by atoms with E-state index in [4.69, 9.17) is 4.74 Å². The van der Waals surface area contributed by atoms with E-state index in [0.29, 0.717) is 25.2 Å². The first kappa shape index (κ1) is 26.1. The monoisotopic (exact) mass is 538 g/mol. The highest BCUT2D eigenvalue weighted by molar-refractivity contribution is 14.0. The normalized spacial score (nSPS) is 15.6. The van der Waals surface area contributed by atoms with Gasteiger partial charge in [-0.3, -0.25) is 4.99 Å². The quantitative estimate of drug-likeness (QED) is 0.175. The maximum atomic E-state index is 12.1. The second-order valence-electron chi connectivity index (χ2n) is 7.04. The van der Waals surface area contributed by atoms with Crippen molar-refractivity contribution in [2.24, 2.45) is 4.99 Å². The van der Waals surface area contributed by atoms with E-state index in [1.54, 1.807) is 7.05 Å². The maximum Gasteiger partial charge on any atom is 0.213 e. The summed E-state index contributed by atoms with van der Waals surface area (Å²) >= 11 is 0. The highest BCUT2D eigenvalue weighted by Gasteiger charge is 2.13. The lowest BCUT2D eigenvalue weighted by Gasteiger charge is -2.22. The van der Waals surface area contributed by atoms with Crippen LogP contribution >= 0.6 is 24.0 Å². The Hall–Kier alpha value is -0.910. The maximum absolute atomic E-state index is 12.1. The number of benzene rings is 1. The zero-order chi connectivity index (χ0) is 20.1. The third kappa shape index (κ3) is 11.8. The third-order valence-electron chi connectivity index (χ3n) is 4.75. The summed E-state index contributed by atoms with van der Waals surface area (Å²) in [4.78, 5) is 4.13. The van der Waals surface area contributed by atoms with Crippen LogP contribution in [0.15, 0.2) is 35.3 Å². The van der Waals surface area contributed by atoms with Crippen molar-refractivity contribution in [1.82, 2.24) is 15.4 Å². The lowest BCUT2D eigenvalue weighted by molar-refractivity contribution is 0.0277. The molecule has 0 radical (unpaired) electrons. The van der Waals surface area contributed by atoms with E-state index in [0.717, 1.165) is 25.1 Å². The van der Waals surface area contributed by atoms with Gasteiger partial charge in [0.15, 0.2) is 5.96 Å². The Morgan fingerprint density at radius 2 is 1.79 bits per heavy atom. The predicted octanol–water partition coefficient (Wildman–Crippen LogP) is 2.63. The van der Waals surface area contributed by atoms with Gasteiger partial charge in [-0.25, -0.2) is 13.1 Å². The minimum Gasteiger partial charge on any atom is -0.378 e. The molecule has 29 heavy (non-hydrogen) atoms. The first-order valence-corrected chi connectivity index (χ1v) is 11.8. The Morgan fingerprint density at radius 3 is 2.48 bits per heavy atom. The summed E-state index contributed by atoms with van der Waals surface area (Å²) in [5, 5.41) is 6.24. The van der Waals surface area contributed by atoms with E-state index < -0.39 is 10.0 Å². The Morgan fingerprint density at radius 1 is 1.10 bits per heavy atom. The van der Waals surface area contributed by atoms with E-state index in [1.807, 2.05) is 30.3 Å². The Labute approximate surface area is 192 Å². The first-order chi connectivity index (χ1) is 13.6. The van der Waals surface area contributed by atoms with E-state index >= 15 is 0 Å². The number of halogens is 1. The number of aliphatic imine (C=N–C) groups is 1. The van der Waals surface area contributed by atoms with Crippen LogP contribution in [0.3, 0.4) is 0 Å². The smallest absolute Gasteiger partial charge is 0.213 e. The molecule has 0 bridgehead atoms. The van der Waals surface area contributed by atoms with Crippen LogP contribution in [0.4, 0.5) is 0 Å². The highest BCUT2D eigenvalue weighted by atomic mass is 127.